The first-order valence-electron chi connectivity index (χ1n) is 27.3. The highest BCUT2D eigenvalue weighted by Gasteiger charge is 2.21. The van der Waals surface area contributed by atoms with Crippen LogP contribution < -0.4 is 0 Å². The molecule has 4 atom stereocenters. The van der Waals surface area contributed by atoms with E-state index in [1.807, 2.05) is 0 Å². The van der Waals surface area contributed by atoms with Crippen LogP contribution in [0, 0.1) is 35.5 Å². The van der Waals surface area contributed by atoms with Gasteiger partial charge in [0.1, 0.15) is 0 Å². The predicted octanol–water partition coefficient (Wildman–Crippen LogP) is 20.5. The molecule has 0 aromatic carbocycles. The average Bonchev–Trinajstić information content (AvgIpc) is 3.24. The molecule has 0 rings (SSSR count). The van der Waals surface area contributed by atoms with Crippen molar-refractivity contribution in [3.63, 3.8) is 0 Å². The molecular formula is C56H111O2P. The highest BCUT2D eigenvalue weighted by molar-refractivity contribution is 7.26. The van der Waals surface area contributed by atoms with Crippen molar-refractivity contribution in [3.8, 4) is 0 Å². The zero-order chi connectivity index (χ0) is 43.3. The Balaban J connectivity index is 5.57. The molecule has 0 amide bonds. The molecule has 0 saturated carbocycles. The number of unbranched alkanes of at least 4 members (excludes halogenated alkanes) is 16. The molecule has 0 saturated heterocycles. The van der Waals surface area contributed by atoms with E-state index in [9.17, 15) is 0 Å². The maximum absolute atomic E-state index is 6.15. The molecule has 0 aliphatic carbocycles. The Morgan fingerprint density at radius 1 is 0.305 bits per heavy atom. The fourth-order valence-electron chi connectivity index (χ4n) is 9.85. The zero-order valence-electron chi connectivity index (χ0n) is 42.0. The van der Waals surface area contributed by atoms with Gasteiger partial charge in [-0.1, -0.05) is 285 Å². The first-order valence-corrected chi connectivity index (χ1v) is 28.1. The van der Waals surface area contributed by atoms with E-state index in [1.165, 1.54) is 231 Å². The van der Waals surface area contributed by atoms with Crippen LogP contribution in [0.4, 0.5) is 0 Å². The van der Waals surface area contributed by atoms with Gasteiger partial charge in [-0.2, -0.15) is 0 Å². The Kier molecular flexibility index (Phi) is 47.2. The topological polar surface area (TPSA) is 18.5 Å². The van der Waals surface area contributed by atoms with Gasteiger partial charge in [0, 0.05) is 0 Å². The Morgan fingerprint density at radius 3 is 0.780 bits per heavy atom. The molecule has 3 heteroatoms. The SMILES string of the molecule is CCCCCCC(CCCC)CC(C=CCOPOCC=CC(CC(CCCC)CCCCCC)CC(CCCC)CCCCCC)CC(CCCC)CCCCCC. The monoisotopic (exact) mass is 847 g/mol. The third kappa shape index (κ3) is 39.2. The largest absolute Gasteiger partial charge is 0.332 e. The van der Waals surface area contributed by atoms with Gasteiger partial charge in [-0.15, -0.1) is 0 Å². The fourth-order valence-corrected chi connectivity index (χ4v) is 10.3. The van der Waals surface area contributed by atoms with E-state index >= 15 is 0 Å². The van der Waals surface area contributed by atoms with Crippen molar-refractivity contribution in [3.05, 3.63) is 24.3 Å². The van der Waals surface area contributed by atoms with E-state index in [1.54, 1.807) is 0 Å². The van der Waals surface area contributed by atoms with Crippen LogP contribution in [0.1, 0.15) is 287 Å². The Hall–Kier alpha value is -0.170. The molecule has 0 aliphatic rings. The van der Waals surface area contributed by atoms with Crippen LogP contribution >= 0.6 is 9.03 Å². The van der Waals surface area contributed by atoms with E-state index in [-0.39, 0.29) is 9.03 Å². The lowest BCUT2D eigenvalue weighted by atomic mass is 9.80. The second kappa shape index (κ2) is 47.3. The summed E-state index contributed by atoms with van der Waals surface area (Å²) < 4.78 is 12.3. The van der Waals surface area contributed by atoms with Crippen LogP contribution in [0.25, 0.3) is 0 Å². The summed E-state index contributed by atoms with van der Waals surface area (Å²) in [7, 11) is 0.118. The van der Waals surface area contributed by atoms with Crippen molar-refractivity contribution < 1.29 is 9.05 Å². The van der Waals surface area contributed by atoms with Gasteiger partial charge in [-0.05, 0) is 61.2 Å². The van der Waals surface area contributed by atoms with Gasteiger partial charge in [0.25, 0.3) is 0 Å². The summed E-state index contributed by atoms with van der Waals surface area (Å²) >= 11 is 0. The smallest absolute Gasteiger partial charge is 0.155 e. The molecule has 59 heavy (non-hydrogen) atoms. The van der Waals surface area contributed by atoms with E-state index in [0.717, 1.165) is 23.7 Å². The normalized spacial score (nSPS) is 15.5. The molecule has 2 nitrogen and oxygen atoms in total. The predicted molar refractivity (Wildman–Crippen MR) is 271 cm³/mol. The third-order valence-electron chi connectivity index (χ3n) is 13.6. The first kappa shape index (κ1) is 58.8. The summed E-state index contributed by atoms with van der Waals surface area (Å²) in [5.41, 5.74) is 0. The summed E-state index contributed by atoms with van der Waals surface area (Å²) in [6.07, 6.45) is 59.9. The highest BCUT2D eigenvalue weighted by atomic mass is 31.1. The molecule has 0 aromatic rings. The summed E-state index contributed by atoms with van der Waals surface area (Å²) in [5.74, 6) is 4.87. The second-order valence-electron chi connectivity index (χ2n) is 19.5. The third-order valence-corrected chi connectivity index (χ3v) is 14.1. The molecule has 0 fully saturated rings. The average molecular weight is 847 g/mol. The molecule has 352 valence electrons. The number of hydrogen-bond acceptors (Lipinski definition) is 2. The summed E-state index contributed by atoms with van der Waals surface area (Å²) in [6, 6.07) is 0. The molecule has 0 heterocycles. The second-order valence-corrected chi connectivity index (χ2v) is 20.2. The highest BCUT2D eigenvalue weighted by Crippen LogP contribution is 2.34. The van der Waals surface area contributed by atoms with Crippen molar-refractivity contribution in [2.45, 2.75) is 287 Å². The summed E-state index contributed by atoms with van der Waals surface area (Å²) in [5, 5.41) is 0. The lowest BCUT2D eigenvalue weighted by Crippen LogP contribution is -2.13. The Bertz CT molecular complexity index is 735. The minimum Gasteiger partial charge on any atom is -0.332 e. The number of rotatable bonds is 48. The van der Waals surface area contributed by atoms with Crippen LogP contribution in [0.3, 0.4) is 0 Å². The van der Waals surface area contributed by atoms with Gasteiger partial charge in [0.2, 0.25) is 0 Å². The van der Waals surface area contributed by atoms with E-state index in [4.69, 9.17) is 9.05 Å². The van der Waals surface area contributed by atoms with Crippen molar-refractivity contribution in [2.75, 3.05) is 13.2 Å². The van der Waals surface area contributed by atoms with Crippen LogP contribution in [0.15, 0.2) is 24.3 Å². The van der Waals surface area contributed by atoms with E-state index in [2.05, 4.69) is 79.7 Å². The molecular weight excluding hydrogens is 736 g/mol. The molecule has 0 aromatic heterocycles. The number of allylic oxidation sites excluding steroid dienone is 2. The lowest BCUT2D eigenvalue weighted by molar-refractivity contribution is 0.284. The van der Waals surface area contributed by atoms with Gasteiger partial charge in [-0.25, -0.2) is 0 Å². The maximum atomic E-state index is 6.15. The van der Waals surface area contributed by atoms with Crippen molar-refractivity contribution in [1.29, 1.82) is 0 Å². The van der Waals surface area contributed by atoms with Crippen LogP contribution in [-0.2, 0) is 9.05 Å². The zero-order valence-corrected chi connectivity index (χ0v) is 43.0. The maximum Gasteiger partial charge on any atom is 0.155 e. The van der Waals surface area contributed by atoms with Crippen LogP contribution in [0.5, 0.6) is 0 Å². The molecule has 0 N–H and O–H groups in total. The molecule has 0 spiro atoms. The molecule has 0 aliphatic heterocycles. The number of hydrogen-bond donors (Lipinski definition) is 0. The van der Waals surface area contributed by atoms with E-state index < -0.39 is 0 Å². The Labute approximate surface area is 376 Å². The minimum atomic E-state index is 0.118. The van der Waals surface area contributed by atoms with Gasteiger partial charge in [0.05, 0.1) is 13.2 Å². The van der Waals surface area contributed by atoms with Crippen molar-refractivity contribution >= 4 is 9.03 Å². The molecule has 0 radical (unpaired) electrons. The standard InChI is InChI=1S/C56H111O2P/c1-9-17-25-29-39-51(35-21-13-5)47-55(48-52(36-22-14-6)40-30-26-18-10-2)43-33-45-57-59-58-46-34-44-56(49-53(37-23-15-7)41-31-27-19-11-3)50-54(38-24-16-8)42-32-28-20-12-4/h33-34,43-44,51-56,59H,9-32,35-42,45-50H2,1-8H3. The summed E-state index contributed by atoms with van der Waals surface area (Å²) in [6.45, 7) is 20.2. The van der Waals surface area contributed by atoms with Gasteiger partial charge >= 0.3 is 0 Å². The quantitative estimate of drug-likeness (QED) is 0.0345. The molecule has 4 unspecified atom stereocenters. The van der Waals surface area contributed by atoms with Gasteiger partial charge in [0.15, 0.2) is 9.03 Å². The van der Waals surface area contributed by atoms with Crippen LogP contribution in [0.2, 0.25) is 0 Å². The lowest BCUT2D eigenvalue weighted by Gasteiger charge is -2.26. The minimum absolute atomic E-state index is 0.118. The Morgan fingerprint density at radius 2 is 0.542 bits per heavy atom. The first-order chi connectivity index (χ1) is 29.0. The van der Waals surface area contributed by atoms with E-state index in [0.29, 0.717) is 25.0 Å². The van der Waals surface area contributed by atoms with Gasteiger partial charge in [-0.3, -0.25) is 0 Å². The summed E-state index contributed by atoms with van der Waals surface area (Å²) in [4.78, 5) is 0. The fraction of sp³-hybridized carbons (Fsp3) is 0.929. The molecule has 0 bridgehead atoms. The van der Waals surface area contributed by atoms with Gasteiger partial charge < -0.3 is 9.05 Å². The van der Waals surface area contributed by atoms with Crippen molar-refractivity contribution in [2.24, 2.45) is 35.5 Å². The van der Waals surface area contributed by atoms with Crippen molar-refractivity contribution in [1.82, 2.24) is 0 Å². The van der Waals surface area contributed by atoms with Crippen LogP contribution in [-0.4, -0.2) is 13.2 Å².